The van der Waals surface area contributed by atoms with E-state index >= 15 is 0 Å². The SMILES string of the molecule is O=C(N[C@H](C(=O)NCC1(CO)CC1)c1ccccc1)c1cccs1. The Labute approximate surface area is 144 Å². The fourth-order valence-electron chi connectivity index (χ4n) is 2.50. The number of hydrogen-bond donors (Lipinski definition) is 3. The maximum Gasteiger partial charge on any atom is 0.262 e. The highest BCUT2D eigenvalue weighted by molar-refractivity contribution is 7.12. The van der Waals surface area contributed by atoms with Gasteiger partial charge in [0.05, 0.1) is 11.5 Å². The Morgan fingerprint density at radius 2 is 1.92 bits per heavy atom. The van der Waals surface area contributed by atoms with Crippen LogP contribution in [0.5, 0.6) is 0 Å². The van der Waals surface area contributed by atoms with E-state index in [-0.39, 0.29) is 23.8 Å². The van der Waals surface area contributed by atoms with Crippen molar-refractivity contribution < 1.29 is 14.7 Å². The van der Waals surface area contributed by atoms with E-state index in [1.165, 1.54) is 11.3 Å². The molecule has 3 N–H and O–H groups in total. The van der Waals surface area contributed by atoms with Crippen molar-refractivity contribution in [2.45, 2.75) is 18.9 Å². The van der Waals surface area contributed by atoms with E-state index in [2.05, 4.69) is 10.6 Å². The summed E-state index contributed by atoms with van der Waals surface area (Å²) in [7, 11) is 0. The maximum absolute atomic E-state index is 12.6. The first-order valence-electron chi connectivity index (χ1n) is 7.91. The number of aliphatic hydroxyl groups is 1. The largest absolute Gasteiger partial charge is 0.396 e. The highest BCUT2D eigenvalue weighted by atomic mass is 32.1. The predicted molar refractivity (Wildman–Crippen MR) is 92.7 cm³/mol. The zero-order valence-corrected chi connectivity index (χ0v) is 14.0. The van der Waals surface area contributed by atoms with Crippen molar-refractivity contribution in [3.63, 3.8) is 0 Å². The third-order valence-electron chi connectivity index (χ3n) is 4.35. The Balaban J connectivity index is 1.72. The first-order valence-corrected chi connectivity index (χ1v) is 8.79. The number of carbonyl (C=O) groups excluding carboxylic acids is 2. The lowest BCUT2D eigenvalue weighted by atomic mass is 10.0. The zero-order chi connectivity index (χ0) is 17.0. The van der Waals surface area contributed by atoms with Gasteiger partial charge < -0.3 is 15.7 Å². The summed E-state index contributed by atoms with van der Waals surface area (Å²) in [4.78, 5) is 25.5. The average molecular weight is 344 g/mol. The number of nitrogens with one attached hydrogen (secondary N) is 2. The third-order valence-corrected chi connectivity index (χ3v) is 5.21. The summed E-state index contributed by atoms with van der Waals surface area (Å²) in [5.74, 6) is -0.525. The Morgan fingerprint density at radius 3 is 2.50 bits per heavy atom. The topological polar surface area (TPSA) is 78.4 Å². The number of amides is 2. The van der Waals surface area contributed by atoms with E-state index in [9.17, 15) is 14.7 Å². The normalized spacial score (nSPS) is 16.2. The molecule has 1 aliphatic rings. The van der Waals surface area contributed by atoms with Crippen LogP contribution < -0.4 is 10.6 Å². The molecule has 1 saturated carbocycles. The summed E-state index contributed by atoms with van der Waals surface area (Å²) < 4.78 is 0. The molecule has 0 radical (unpaired) electrons. The molecular weight excluding hydrogens is 324 g/mol. The average Bonchev–Trinajstić information content (AvgIpc) is 3.19. The van der Waals surface area contributed by atoms with E-state index in [1.807, 2.05) is 35.7 Å². The Bertz CT molecular complexity index is 696. The molecule has 0 saturated heterocycles. The summed E-state index contributed by atoms with van der Waals surface area (Å²) >= 11 is 1.33. The van der Waals surface area contributed by atoms with Crippen LogP contribution >= 0.6 is 11.3 Å². The van der Waals surface area contributed by atoms with Gasteiger partial charge in [0, 0.05) is 12.0 Å². The van der Waals surface area contributed by atoms with E-state index in [4.69, 9.17) is 0 Å². The van der Waals surface area contributed by atoms with Gasteiger partial charge in [0.1, 0.15) is 6.04 Å². The third kappa shape index (κ3) is 3.83. The van der Waals surface area contributed by atoms with Gasteiger partial charge in [-0.05, 0) is 29.9 Å². The molecule has 2 aromatic rings. The Morgan fingerprint density at radius 1 is 1.17 bits per heavy atom. The summed E-state index contributed by atoms with van der Waals surface area (Å²) in [6.07, 6.45) is 1.84. The minimum absolute atomic E-state index is 0.0742. The lowest BCUT2D eigenvalue weighted by molar-refractivity contribution is -0.123. The van der Waals surface area contributed by atoms with Crippen molar-refractivity contribution in [1.82, 2.24) is 10.6 Å². The molecule has 3 rings (SSSR count). The number of benzene rings is 1. The van der Waals surface area contributed by atoms with E-state index < -0.39 is 6.04 Å². The van der Waals surface area contributed by atoms with E-state index in [0.29, 0.717) is 11.4 Å². The van der Waals surface area contributed by atoms with Gasteiger partial charge >= 0.3 is 0 Å². The van der Waals surface area contributed by atoms with Crippen molar-refractivity contribution in [2.75, 3.05) is 13.2 Å². The zero-order valence-electron chi connectivity index (χ0n) is 13.2. The second-order valence-electron chi connectivity index (χ2n) is 6.17. The van der Waals surface area contributed by atoms with Gasteiger partial charge in [-0.1, -0.05) is 36.4 Å². The Hall–Kier alpha value is -2.18. The van der Waals surface area contributed by atoms with Gasteiger partial charge in [-0.25, -0.2) is 0 Å². The maximum atomic E-state index is 12.6. The molecule has 1 atom stereocenters. The van der Waals surface area contributed by atoms with Gasteiger partial charge in [0.25, 0.3) is 5.91 Å². The molecule has 6 heteroatoms. The monoisotopic (exact) mass is 344 g/mol. The van der Waals surface area contributed by atoms with Crippen LogP contribution in [0.2, 0.25) is 0 Å². The first kappa shape index (κ1) is 16.7. The Kier molecular flexibility index (Phi) is 4.97. The molecule has 1 fully saturated rings. The predicted octanol–water partition coefficient (Wildman–Crippen LogP) is 2.11. The van der Waals surface area contributed by atoms with Crippen LogP contribution in [0, 0.1) is 5.41 Å². The number of thiophene rings is 1. The van der Waals surface area contributed by atoms with Crippen molar-refractivity contribution in [3.05, 3.63) is 58.3 Å². The molecule has 0 unspecified atom stereocenters. The lowest BCUT2D eigenvalue weighted by Crippen LogP contribution is -2.42. The summed E-state index contributed by atoms with van der Waals surface area (Å²) in [5, 5.41) is 16.9. The molecular formula is C18H20N2O3S. The molecule has 1 aromatic heterocycles. The number of hydrogen-bond acceptors (Lipinski definition) is 4. The molecule has 1 aromatic carbocycles. The number of carbonyl (C=O) groups is 2. The molecule has 0 spiro atoms. The van der Waals surface area contributed by atoms with Gasteiger partial charge in [-0.2, -0.15) is 0 Å². The number of rotatable bonds is 7. The van der Waals surface area contributed by atoms with Crippen LogP contribution in [-0.4, -0.2) is 30.1 Å². The van der Waals surface area contributed by atoms with Crippen molar-refractivity contribution in [1.29, 1.82) is 0 Å². The molecule has 1 heterocycles. The smallest absolute Gasteiger partial charge is 0.262 e. The molecule has 2 amide bonds. The second-order valence-corrected chi connectivity index (χ2v) is 7.12. The van der Waals surface area contributed by atoms with Crippen LogP contribution in [0.25, 0.3) is 0 Å². The summed E-state index contributed by atoms with van der Waals surface area (Å²) in [6, 6.07) is 11.9. The first-order chi connectivity index (χ1) is 11.6. The van der Waals surface area contributed by atoms with Gasteiger partial charge in [-0.15, -0.1) is 11.3 Å². The van der Waals surface area contributed by atoms with Crippen LogP contribution in [-0.2, 0) is 4.79 Å². The van der Waals surface area contributed by atoms with Crippen LogP contribution in [0.4, 0.5) is 0 Å². The molecule has 126 valence electrons. The summed E-state index contributed by atoms with van der Waals surface area (Å²) in [6.45, 7) is 0.505. The minimum atomic E-state index is -0.754. The van der Waals surface area contributed by atoms with E-state index in [1.54, 1.807) is 12.1 Å². The van der Waals surface area contributed by atoms with Gasteiger partial charge in [-0.3, -0.25) is 9.59 Å². The number of aliphatic hydroxyl groups excluding tert-OH is 1. The molecule has 24 heavy (non-hydrogen) atoms. The highest BCUT2D eigenvalue weighted by Crippen LogP contribution is 2.44. The van der Waals surface area contributed by atoms with Crippen LogP contribution in [0.3, 0.4) is 0 Å². The van der Waals surface area contributed by atoms with E-state index in [0.717, 1.165) is 18.4 Å². The molecule has 0 bridgehead atoms. The lowest BCUT2D eigenvalue weighted by Gasteiger charge is -2.20. The van der Waals surface area contributed by atoms with Crippen LogP contribution in [0.15, 0.2) is 47.8 Å². The quantitative estimate of drug-likeness (QED) is 0.720. The summed E-state index contributed by atoms with van der Waals surface area (Å²) in [5.41, 5.74) is 0.558. The van der Waals surface area contributed by atoms with Crippen molar-refractivity contribution in [3.8, 4) is 0 Å². The minimum Gasteiger partial charge on any atom is -0.396 e. The fourth-order valence-corrected chi connectivity index (χ4v) is 3.13. The highest BCUT2D eigenvalue weighted by Gasteiger charge is 2.42. The van der Waals surface area contributed by atoms with Gasteiger partial charge in [0.15, 0.2) is 0 Å². The van der Waals surface area contributed by atoms with Gasteiger partial charge in [0.2, 0.25) is 5.91 Å². The molecule has 1 aliphatic carbocycles. The fraction of sp³-hybridized carbons (Fsp3) is 0.333. The van der Waals surface area contributed by atoms with Crippen molar-refractivity contribution in [2.24, 2.45) is 5.41 Å². The molecule has 0 aliphatic heterocycles. The standard InChI is InChI=1S/C18H20N2O3S/c21-12-18(8-9-18)11-19-17(23)15(13-5-2-1-3-6-13)20-16(22)14-7-4-10-24-14/h1-7,10,15,21H,8-9,11-12H2,(H,19,23)(H,20,22)/t15-/m0/s1. The van der Waals surface area contributed by atoms with Crippen molar-refractivity contribution >= 4 is 23.2 Å². The second kappa shape index (κ2) is 7.15. The van der Waals surface area contributed by atoms with Crippen LogP contribution in [0.1, 0.15) is 34.1 Å². The molecule has 5 nitrogen and oxygen atoms in total.